The molecule has 3 aromatic heterocycles. The van der Waals surface area contributed by atoms with Gasteiger partial charge in [0.2, 0.25) is 0 Å². The second kappa shape index (κ2) is 6.31. The summed E-state index contributed by atoms with van der Waals surface area (Å²) in [5, 5.41) is 4.05. The summed E-state index contributed by atoms with van der Waals surface area (Å²) >= 11 is 0. The van der Waals surface area contributed by atoms with Gasteiger partial charge in [-0.1, -0.05) is 11.2 Å². The highest BCUT2D eigenvalue weighted by atomic mass is 16.5. The quantitative estimate of drug-likeness (QED) is 0.740. The maximum Gasteiger partial charge on any atom is 0.255 e. The van der Waals surface area contributed by atoms with Crippen molar-refractivity contribution in [2.45, 2.75) is 27.3 Å². The maximum atomic E-state index is 12.8. The van der Waals surface area contributed by atoms with Crippen LogP contribution in [0.1, 0.15) is 33.1 Å². The van der Waals surface area contributed by atoms with Crippen molar-refractivity contribution in [3.05, 3.63) is 64.9 Å². The fourth-order valence-corrected chi connectivity index (χ4v) is 2.83. The molecule has 0 aliphatic heterocycles. The first-order valence-corrected chi connectivity index (χ1v) is 7.74. The molecule has 0 unspecified atom stereocenters. The first kappa shape index (κ1) is 16.0. The molecule has 0 saturated heterocycles. The van der Waals surface area contributed by atoms with Crippen LogP contribution in [0.5, 0.6) is 0 Å². The molecule has 24 heavy (non-hydrogen) atoms. The summed E-state index contributed by atoms with van der Waals surface area (Å²) in [6.07, 6.45) is 3.49. The Morgan fingerprint density at radius 1 is 1.29 bits per heavy atom. The van der Waals surface area contributed by atoms with E-state index >= 15 is 0 Å². The van der Waals surface area contributed by atoms with Crippen molar-refractivity contribution < 1.29 is 9.32 Å². The van der Waals surface area contributed by atoms with Gasteiger partial charge in [-0.3, -0.25) is 14.3 Å². The Balaban J connectivity index is 1.88. The zero-order chi connectivity index (χ0) is 17.3. The molecule has 0 aromatic carbocycles. The van der Waals surface area contributed by atoms with E-state index in [-0.39, 0.29) is 5.91 Å². The van der Waals surface area contributed by atoms with Gasteiger partial charge in [-0.05, 0) is 38.5 Å². The Hall–Kier alpha value is -2.89. The molecule has 0 aliphatic carbocycles. The lowest BCUT2D eigenvalue weighted by molar-refractivity contribution is 0.0784. The van der Waals surface area contributed by atoms with Crippen LogP contribution in [0.15, 0.2) is 41.2 Å². The van der Waals surface area contributed by atoms with Crippen molar-refractivity contribution in [1.82, 2.24) is 19.6 Å². The van der Waals surface area contributed by atoms with Gasteiger partial charge in [0.25, 0.3) is 5.91 Å². The van der Waals surface area contributed by atoms with Gasteiger partial charge >= 0.3 is 0 Å². The normalized spacial score (nSPS) is 10.8. The van der Waals surface area contributed by atoms with Crippen LogP contribution in [0, 0.1) is 20.8 Å². The molecular formula is C18H20N4O2. The zero-order valence-corrected chi connectivity index (χ0v) is 14.3. The highest BCUT2D eigenvalue weighted by Crippen LogP contribution is 2.22. The Morgan fingerprint density at radius 3 is 2.71 bits per heavy atom. The number of aromatic nitrogens is 3. The summed E-state index contributed by atoms with van der Waals surface area (Å²) in [7, 11) is 1.79. The lowest BCUT2D eigenvalue weighted by Crippen LogP contribution is -2.26. The Bertz CT molecular complexity index is 865. The van der Waals surface area contributed by atoms with Crippen molar-refractivity contribution in [2.75, 3.05) is 7.05 Å². The number of hydrogen-bond acceptors (Lipinski definition) is 4. The lowest BCUT2D eigenvalue weighted by Gasteiger charge is -2.17. The van der Waals surface area contributed by atoms with Crippen molar-refractivity contribution in [3.8, 4) is 5.82 Å². The Kier molecular flexibility index (Phi) is 4.20. The molecule has 3 aromatic rings. The minimum Gasteiger partial charge on any atom is -0.360 e. The van der Waals surface area contributed by atoms with E-state index in [1.54, 1.807) is 24.3 Å². The molecule has 0 radical (unpaired) electrons. The monoisotopic (exact) mass is 324 g/mol. The number of nitrogens with zero attached hydrogens (tertiary/aromatic N) is 4. The third kappa shape index (κ3) is 2.95. The molecule has 124 valence electrons. The maximum absolute atomic E-state index is 12.8. The number of hydrogen-bond donors (Lipinski definition) is 0. The van der Waals surface area contributed by atoms with E-state index in [0.29, 0.717) is 17.9 Å². The summed E-state index contributed by atoms with van der Waals surface area (Å²) < 4.78 is 7.08. The smallest absolute Gasteiger partial charge is 0.255 e. The average molecular weight is 324 g/mol. The number of rotatable bonds is 4. The van der Waals surface area contributed by atoms with Crippen LogP contribution in [0.4, 0.5) is 0 Å². The molecule has 6 heteroatoms. The van der Waals surface area contributed by atoms with Crippen LogP contribution in [0.2, 0.25) is 0 Å². The third-order valence-corrected chi connectivity index (χ3v) is 4.00. The molecule has 0 atom stereocenters. The molecule has 3 rings (SSSR count). The summed E-state index contributed by atoms with van der Waals surface area (Å²) in [5.74, 6) is 1.40. The van der Waals surface area contributed by atoms with Gasteiger partial charge in [0.1, 0.15) is 5.76 Å². The van der Waals surface area contributed by atoms with Crippen LogP contribution in [-0.4, -0.2) is 32.6 Å². The van der Waals surface area contributed by atoms with Crippen LogP contribution >= 0.6 is 0 Å². The fraction of sp³-hybridized carbons (Fsp3) is 0.278. The highest BCUT2D eigenvalue weighted by Gasteiger charge is 2.21. The van der Waals surface area contributed by atoms with Crippen molar-refractivity contribution in [2.24, 2.45) is 0 Å². The highest BCUT2D eigenvalue weighted by molar-refractivity contribution is 5.95. The summed E-state index contributed by atoms with van der Waals surface area (Å²) in [6.45, 7) is 6.23. The lowest BCUT2D eigenvalue weighted by atomic mass is 10.2. The van der Waals surface area contributed by atoms with Crippen LogP contribution < -0.4 is 0 Å². The Morgan fingerprint density at radius 2 is 2.08 bits per heavy atom. The first-order valence-electron chi connectivity index (χ1n) is 7.74. The molecular weight excluding hydrogens is 304 g/mol. The second-order valence-corrected chi connectivity index (χ2v) is 5.94. The molecule has 0 aliphatic rings. The average Bonchev–Trinajstić information content (AvgIpc) is 3.10. The summed E-state index contributed by atoms with van der Waals surface area (Å²) in [4.78, 5) is 18.6. The van der Waals surface area contributed by atoms with Gasteiger partial charge in [0.15, 0.2) is 5.82 Å². The van der Waals surface area contributed by atoms with Gasteiger partial charge in [-0.25, -0.2) is 0 Å². The minimum atomic E-state index is -0.0292. The topological polar surface area (TPSA) is 64.2 Å². The first-order chi connectivity index (χ1) is 11.5. The Labute approximate surface area is 140 Å². The van der Waals surface area contributed by atoms with E-state index in [1.807, 2.05) is 49.6 Å². The predicted octanol–water partition coefficient (Wildman–Crippen LogP) is 3.06. The number of pyridine rings is 1. The van der Waals surface area contributed by atoms with E-state index < -0.39 is 0 Å². The van der Waals surface area contributed by atoms with Gasteiger partial charge in [-0.15, -0.1) is 0 Å². The number of carbonyl (C=O) groups excluding carboxylic acids is 1. The fourth-order valence-electron chi connectivity index (χ4n) is 2.83. The van der Waals surface area contributed by atoms with Crippen LogP contribution in [0.3, 0.4) is 0 Å². The van der Waals surface area contributed by atoms with E-state index in [9.17, 15) is 4.79 Å². The largest absolute Gasteiger partial charge is 0.360 e. The number of aryl methyl sites for hydroxylation is 2. The molecule has 6 nitrogen and oxygen atoms in total. The third-order valence-electron chi connectivity index (χ3n) is 4.00. The van der Waals surface area contributed by atoms with Crippen molar-refractivity contribution in [3.63, 3.8) is 0 Å². The van der Waals surface area contributed by atoms with E-state index in [4.69, 9.17) is 4.52 Å². The van der Waals surface area contributed by atoms with E-state index in [0.717, 1.165) is 22.7 Å². The standard InChI is InChI=1S/C18H20N4O2/c1-12-8-16(14(3)22(12)17-9-13(2)24-20-17)18(23)21(4)11-15-6-5-7-19-10-15/h5-10H,11H2,1-4H3. The van der Waals surface area contributed by atoms with Crippen LogP contribution in [0.25, 0.3) is 5.82 Å². The number of carbonyl (C=O) groups is 1. The van der Waals surface area contributed by atoms with Gasteiger partial charge in [0, 0.05) is 43.4 Å². The van der Waals surface area contributed by atoms with Gasteiger partial charge in [-0.2, -0.15) is 0 Å². The minimum absolute atomic E-state index is 0.0292. The predicted molar refractivity (Wildman–Crippen MR) is 90.1 cm³/mol. The molecule has 0 bridgehead atoms. The van der Waals surface area contributed by atoms with Crippen molar-refractivity contribution in [1.29, 1.82) is 0 Å². The molecule has 0 spiro atoms. The summed E-state index contributed by atoms with van der Waals surface area (Å²) in [5.41, 5.74) is 3.46. The van der Waals surface area contributed by atoms with Gasteiger partial charge < -0.3 is 9.42 Å². The zero-order valence-electron chi connectivity index (χ0n) is 14.3. The van der Waals surface area contributed by atoms with E-state index in [2.05, 4.69) is 10.1 Å². The van der Waals surface area contributed by atoms with Gasteiger partial charge in [0.05, 0.1) is 5.56 Å². The SMILES string of the molecule is Cc1cc(-n2c(C)cc(C(=O)N(C)Cc3cccnc3)c2C)no1. The van der Waals surface area contributed by atoms with Crippen LogP contribution in [-0.2, 0) is 6.54 Å². The summed E-state index contributed by atoms with van der Waals surface area (Å²) in [6, 6.07) is 7.57. The molecule has 0 saturated carbocycles. The molecule has 0 fully saturated rings. The molecule has 0 N–H and O–H groups in total. The molecule has 3 heterocycles. The van der Waals surface area contributed by atoms with Crippen molar-refractivity contribution >= 4 is 5.91 Å². The number of amides is 1. The molecule has 1 amide bonds. The second-order valence-electron chi connectivity index (χ2n) is 5.94. The van der Waals surface area contributed by atoms with E-state index in [1.165, 1.54) is 0 Å².